The van der Waals surface area contributed by atoms with Gasteiger partial charge < -0.3 is 10.1 Å². The van der Waals surface area contributed by atoms with E-state index in [0.717, 1.165) is 41.0 Å². The van der Waals surface area contributed by atoms with Crippen LogP contribution in [0.2, 0.25) is 0 Å². The summed E-state index contributed by atoms with van der Waals surface area (Å²) in [6.07, 6.45) is 0.851. The number of amides is 1. The maximum absolute atomic E-state index is 12.9. The summed E-state index contributed by atoms with van der Waals surface area (Å²) in [6, 6.07) is 9.49. The quantitative estimate of drug-likeness (QED) is 0.287. The highest BCUT2D eigenvalue weighted by Gasteiger charge is 2.27. The second-order valence-corrected chi connectivity index (χ2v) is 7.88. The fourth-order valence-electron chi connectivity index (χ4n) is 3.26. The molecule has 170 valence electrons. The number of benzene rings is 2. The molecule has 0 aliphatic rings. The van der Waals surface area contributed by atoms with Crippen molar-refractivity contribution in [3.63, 3.8) is 0 Å². The normalized spacial score (nSPS) is 10.5. The number of anilines is 1. The molecule has 11 heteroatoms. The predicted molar refractivity (Wildman–Crippen MR) is 123 cm³/mol. The second-order valence-electron chi connectivity index (χ2n) is 7.00. The van der Waals surface area contributed by atoms with E-state index in [1.807, 2.05) is 31.2 Å². The average molecular weight is 469 g/mol. The summed E-state index contributed by atoms with van der Waals surface area (Å²) in [5, 5.41) is 27.0. The van der Waals surface area contributed by atoms with Gasteiger partial charge in [0.25, 0.3) is 17.3 Å². The Morgan fingerprint density at radius 3 is 2.12 bits per heavy atom. The number of nitrogens with one attached hydrogen (secondary N) is 1. The van der Waals surface area contributed by atoms with Crippen molar-refractivity contribution in [3.05, 3.63) is 84.3 Å². The first-order valence-corrected chi connectivity index (χ1v) is 10.6. The molecular weight excluding hydrogens is 450 g/mol. The summed E-state index contributed by atoms with van der Waals surface area (Å²) in [4.78, 5) is 46.4. The van der Waals surface area contributed by atoms with Crippen molar-refractivity contribution < 1.29 is 24.2 Å². The lowest BCUT2D eigenvalue weighted by Crippen LogP contribution is -2.15. The number of hydrogen-bond donors (Lipinski definition) is 1. The third kappa shape index (κ3) is 4.72. The number of nitro benzene ring substituents is 2. The van der Waals surface area contributed by atoms with Crippen molar-refractivity contribution >= 4 is 39.6 Å². The van der Waals surface area contributed by atoms with Crippen molar-refractivity contribution in [1.29, 1.82) is 0 Å². The number of carbonyl (C=O) groups excluding carboxylic acids is 2. The lowest BCUT2D eigenvalue weighted by Gasteiger charge is -2.09. The number of methoxy groups -OCH3 is 1. The summed E-state index contributed by atoms with van der Waals surface area (Å²) >= 11 is 1.07. The molecule has 0 fully saturated rings. The molecule has 1 heterocycles. The van der Waals surface area contributed by atoms with E-state index in [2.05, 4.69) is 5.32 Å². The van der Waals surface area contributed by atoms with Crippen molar-refractivity contribution in [2.75, 3.05) is 12.4 Å². The number of esters is 1. The highest BCUT2D eigenvalue weighted by Crippen LogP contribution is 2.37. The van der Waals surface area contributed by atoms with Crippen LogP contribution in [0, 0.1) is 27.2 Å². The standard InChI is InChI=1S/C22H19N3O7S/c1-4-13-5-7-14(8-6-13)16-11-33-21(19(16)22(27)32-3)23-20(26)15-9-17(24(28)29)12(2)18(10-15)25(30)31/h5-11H,4H2,1-3H3,(H,23,26). The number of carbonyl (C=O) groups is 2. The molecule has 3 rings (SSSR count). The Hall–Kier alpha value is -4.12. The van der Waals surface area contributed by atoms with Gasteiger partial charge in [-0.05, 0) is 24.5 Å². The summed E-state index contributed by atoms with van der Waals surface area (Å²) in [7, 11) is 1.21. The number of hydrogen-bond acceptors (Lipinski definition) is 8. The van der Waals surface area contributed by atoms with Gasteiger partial charge in [0.1, 0.15) is 16.1 Å². The van der Waals surface area contributed by atoms with Gasteiger partial charge in [0, 0.05) is 23.1 Å². The Kier molecular flexibility index (Phi) is 6.83. The molecule has 10 nitrogen and oxygen atoms in total. The molecule has 0 saturated heterocycles. The maximum Gasteiger partial charge on any atom is 0.341 e. The van der Waals surface area contributed by atoms with Crippen LogP contribution in [0.15, 0.2) is 41.8 Å². The van der Waals surface area contributed by atoms with Crippen molar-refractivity contribution in [2.45, 2.75) is 20.3 Å². The summed E-state index contributed by atoms with van der Waals surface area (Å²) in [5.41, 5.74) is 0.983. The Morgan fingerprint density at radius 2 is 1.64 bits per heavy atom. The zero-order valence-electron chi connectivity index (χ0n) is 17.9. The molecule has 1 amide bonds. The monoisotopic (exact) mass is 469 g/mol. The molecule has 0 radical (unpaired) electrons. The zero-order valence-corrected chi connectivity index (χ0v) is 18.7. The van der Waals surface area contributed by atoms with Gasteiger partial charge in [-0.25, -0.2) is 4.79 Å². The summed E-state index contributed by atoms with van der Waals surface area (Å²) in [5.74, 6) is -1.51. The van der Waals surface area contributed by atoms with Crippen molar-refractivity contribution in [3.8, 4) is 11.1 Å². The molecule has 33 heavy (non-hydrogen) atoms. The van der Waals surface area contributed by atoms with Crippen LogP contribution < -0.4 is 5.32 Å². The van der Waals surface area contributed by atoms with E-state index in [9.17, 15) is 29.8 Å². The molecule has 0 bridgehead atoms. The fourth-order valence-corrected chi connectivity index (χ4v) is 4.21. The molecule has 1 N–H and O–H groups in total. The van der Waals surface area contributed by atoms with Crippen molar-refractivity contribution in [1.82, 2.24) is 0 Å². The third-order valence-corrected chi connectivity index (χ3v) is 5.98. The molecule has 0 aliphatic heterocycles. The lowest BCUT2D eigenvalue weighted by molar-refractivity contribution is -0.395. The van der Waals surface area contributed by atoms with Gasteiger partial charge >= 0.3 is 5.97 Å². The molecule has 0 spiro atoms. The fraction of sp³-hybridized carbons (Fsp3) is 0.182. The Morgan fingerprint density at radius 1 is 1.06 bits per heavy atom. The van der Waals surface area contributed by atoms with Gasteiger partial charge in [0.15, 0.2) is 0 Å². The maximum atomic E-state index is 12.9. The van der Waals surface area contributed by atoms with Gasteiger partial charge in [-0.15, -0.1) is 11.3 Å². The van der Waals surface area contributed by atoms with Crippen LogP contribution in [0.4, 0.5) is 16.4 Å². The summed E-state index contributed by atoms with van der Waals surface area (Å²) < 4.78 is 4.88. The lowest BCUT2D eigenvalue weighted by atomic mass is 10.0. The number of aryl methyl sites for hydroxylation is 1. The number of rotatable bonds is 7. The van der Waals surface area contributed by atoms with Crippen LogP contribution in [0.1, 0.15) is 38.8 Å². The molecule has 0 aliphatic carbocycles. The van der Waals surface area contributed by atoms with E-state index in [0.29, 0.717) is 5.56 Å². The van der Waals surface area contributed by atoms with Crippen LogP contribution in [0.3, 0.4) is 0 Å². The molecule has 3 aromatic rings. The van der Waals surface area contributed by atoms with Gasteiger partial charge in [0.2, 0.25) is 0 Å². The van der Waals surface area contributed by atoms with Gasteiger partial charge in [-0.1, -0.05) is 31.2 Å². The smallest absolute Gasteiger partial charge is 0.341 e. The predicted octanol–water partition coefficient (Wildman–Crippen LogP) is 5.14. The van der Waals surface area contributed by atoms with Crippen LogP contribution in [0.25, 0.3) is 11.1 Å². The molecule has 0 atom stereocenters. The minimum absolute atomic E-state index is 0.121. The van der Waals surface area contributed by atoms with Gasteiger partial charge in [-0.3, -0.25) is 25.0 Å². The van der Waals surface area contributed by atoms with Crippen LogP contribution in [-0.4, -0.2) is 28.8 Å². The van der Waals surface area contributed by atoms with Crippen LogP contribution >= 0.6 is 11.3 Å². The van der Waals surface area contributed by atoms with E-state index in [-0.39, 0.29) is 21.7 Å². The highest BCUT2D eigenvalue weighted by molar-refractivity contribution is 7.15. The Bertz CT molecular complexity index is 1230. The van der Waals surface area contributed by atoms with E-state index in [1.54, 1.807) is 5.38 Å². The molecule has 1 aromatic heterocycles. The zero-order chi connectivity index (χ0) is 24.3. The Balaban J connectivity index is 2.04. The SMILES string of the molecule is CCc1ccc(-c2csc(NC(=O)c3cc([N+](=O)[O-])c(C)c([N+](=O)[O-])c3)c2C(=O)OC)cc1. The van der Waals surface area contributed by atoms with Gasteiger partial charge in [0.05, 0.1) is 22.5 Å². The minimum Gasteiger partial charge on any atom is -0.465 e. The second kappa shape index (κ2) is 9.57. The summed E-state index contributed by atoms with van der Waals surface area (Å²) in [6.45, 7) is 3.26. The molecule has 0 saturated carbocycles. The van der Waals surface area contributed by atoms with Crippen LogP contribution in [-0.2, 0) is 11.2 Å². The molecule has 0 unspecified atom stereocenters. The number of nitro groups is 2. The van der Waals surface area contributed by atoms with Crippen molar-refractivity contribution in [2.24, 2.45) is 0 Å². The van der Waals surface area contributed by atoms with E-state index in [1.165, 1.54) is 14.0 Å². The number of ether oxygens (including phenoxy) is 1. The minimum atomic E-state index is -0.832. The van der Waals surface area contributed by atoms with E-state index >= 15 is 0 Å². The number of nitrogens with zero attached hydrogens (tertiary/aromatic N) is 2. The van der Waals surface area contributed by atoms with E-state index < -0.39 is 33.1 Å². The Labute approximate surface area is 192 Å². The third-order valence-electron chi connectivity index (χ3n) is 5.09. The highest BCUT2D eigenvalue weighted by atomic mass is 32.1. The topological polar surface area (TPSA) is 142 Å². The van der Waals surface area contributed by atoms with Gasteiger partial charge in [-0.2, -0.15) is 0 Å². The van der Waals surface area contributed by atoms with E-state index in [4.69, 9.17) is 4.74 Å². The largest absolute Gasteiger partial charge is 0.465 e. The van der Waals surface area contributed by atoms with Crippen LogP contribution in [0.5, 0.6) is 0 Å². The first-order chi connectivity index (χ1) is 15.7. The number of thiophene rings is 1. The molecule has 2 aromatic carbocycles. The average Bonchev–Trinajstić information content (AvgIpc) is 3.21. The first-order valence-electron chi connectivity index (χ1n) is 9.71. The first kappa shape index (κ1) is 23.5. The molecular formula is C22H19N3O7S.